The van der Waals surface area contributed by atoms with Gasteiger partial charge >= 0.3 is 5.97 Å². The number of hydrogen-bond acceptors (Lipinski definition) is 3. The number of rotatable bonds is 5. The van der Waals surface area contributed by atoms with E-state index in [0.29, 0.717) is 13.0 Å². The normalized spacial score (nSPS) is 10.4. The number of hydrogen-bond donors (Lipinski definition) is 1. The molecule has 0 aliphatic carbocycles. The van der Waals surface area contributed by atoms with Gasteiger partial charge < -0.3 is 10.0 Å². The van der Waals surface area contributed by atoms with E-state index in [1.165, 1.54) is 6.07 Å². The first-order chi connectivity index (χ1) is 10.0. The first-order valence-electron chi connectivity index (χ1n) is 6.32. The predicted octanol–water partition coefficient (Wildman–Crippen LogP) is 2.74. The number of carbonyl (C=O) groups is 1. The molecule has 0 radical (unpaired) electrons. The molecule has 0 unspecified atom stereocenters. The zero-order chi connectivity index (χ0) is 15.4. The first kappa shape index (κ1) is 14.9. The molecule has 4 nitrogen and oxygen atoms in total. The molecule has 110 valence electrons. The highest BCUT2D eigenvalue weighted by atomic mass is 19.2. The molecule has 1 aromatic heterocycles. The third kappa shape index (κ3) is 3.34. The van der Waals surface area contributed by atoms with Crippen molar-refractivity contribution in [3.8, 4) is 0 Å². The van der Waals surface area contributed by atoms with Gasteiger partial charge in [0, 0.05) is 26.0 Å². The van der Waals surface area contributed by atoms with Gasteiger partial charge in [0.05, 0.1) is 11.3 Å². The SMILES string of the molecule is CN(CCc1ccncc1)c1ccc(C(=O)O)c(F)c1F. The lowest BCUT2D eigenvalue weighted by Crippen LogP contribution is -2.22. The number of nitrogens with zero attached hydrogens (tertiary/aromatic N) is 2. The van der Waals surface area contributed by atoms with Crippen LogP contribution in [0.1, 0.15) is 15.9 Å². The van der Waals surface area contributed by atoms with Crippen molar-refractivity contribution in [2.45, 2.75) is 6.42 Å². The van der Waals surface area contributed by atoms with Gasteiger partial charge in [-0.3, -0.25) is 4.98 Å². The minimum atomic E-state index is -1.49. The van der Waals surface area contributed by atoms with Crippen LogP contribution >= 0.6 is 0 Å². The molecular formula is C15H14F2N2O2. The minimum absolute atomic E-state index is 0.0338. The summed E-state index contributed by atoms with van der Waals surface area (Å²) in [5, 5.41) is 8.75. The molecule has 1 N–H and O–H groups in total. The fourth-order valence-electron chi connectivity index (χ4n) is 1.97. The summed E-state index contributed by atoms with van der Waals surface area (Å²) in [5.74, 6) is -3.97. The topological polar surface area (TPSA) is 53.4 Å². The van der Waals surface area contributed by atoms with Gasteiger partial charge in [-0.05, 0) is 36.2 Å². The molecule has 1 aromatic carbocycles. The highest BCUT2D eigenvalue weighted by Crippen LogP contribution is 2.23. The maximum absolute atomic E-state index is 13.9. The van der Waals surface area contributed by atoms with Crippen molar-refractivity contribution >= 4 is 11.7 Å². The van der Waals surface area contributed by atoms with Crippen molar-refractivity contribution in [1.82, 2.24) is 4.98 Å². The number of benzene rings is 1. The van der Waals surface area contributed by atoms with Crippen molar-refractivity contribution in [3.63, 3.8) is 0 Å². The van der Waals surface area contributed by atoms with Gasteiger partial charge in [-0.1, -0.05) is 0 Å². The number of likely N-dealkylation sites (N-methyl/N-ethyl adjacent to an activating group) is 1. The molecule has 2 rings (SSSR count). The number of carboxylic acids is 1. The van der Waals surface area contributed by atoms with E-state index >= 15 is 0 Å². The quantitative estimate of drug-likeness (QED) is 0.920. The van der Waals surface area contributed by atoms with E-state index in [4.69, 9.17) is 5.11 Å². The van der Waals surface area contributed by atoms with Crippen LogP contribution in [-0.4, -0.2) is 29.7 Å². The molecule has 0 spiro atoms. The maximum Gasteiger partial charge on any atom is 0.338 e. The summed E-state index contributed by atoms with van der Waals surface area (Å²) in [4.78, 5) is 16.2. The van der Waals surface area contributed by atoms with Gasteiger partial charge in [0.2, 0.25) is 0 Å². The number of pyridine rings is 1. The molecule has 0 bridgehead atoms. The molecule has 0 amide bonds. The lowest BCUT2D eigenvalue weighted by atomic mass is 10.1. The first-order valence-corrected chi connectivity index (χ1v) is 6.32. The number of carboxylic acid groups (broad SMARTS) is 1. The summed E-state index contributed by atoms with van der Waals surface area (Å²) < 4.78 is 27.6. The second-order valence-electron chi connectivity index (χ2n) is 4.59. The van der Waals surface area contributed by atoms with Crippen molar-refractivity contribution in [2.24, 2.45) is 0 Å². The summed E-state index contributed by atoms with van der Waals surface area (Å²) in [5.41, 5.74) is 0.394. The second kappa shape index (κ2) is 6.30. The fourth-order valence-corrected chi connectivity index (χ4v) is 1.97. The number of anilines is 1. The van der Waals surface area contributed by atoms with E-state index in [9.17, 15) is 13.6 Å². The van der Waals surface area contributed by atoms with Crippen LogP contribution < -0.4 is 4.90 Å². The molecule has 0 atom stereocenters. The van der Waals surface area contributed by atoms with Crippen LogP contribution in [0.3, 0.4) is 0 Å². The molecule has 0 saturated heterocycles. The number of halogens is 2. The third-order valence-corrected chi connectivity index (χ3v) is 3.19. The van der Waals surface area contributed by atoms with Crippen molar-refractivity contribution in [1.29, 1.82) is 0 Å². The molecule has 0 fully saturated rings. The van der Waals surface area contributed by atoms with Crippen molar-refractivity contribution < 1.29 is 18.7 Å². The molecule has 21 heavy (non-hydrogen) atoms. The van der Waals surface area contributed by atoms with Gasteiger partial charge in [0.15, 0.2) is 11.6 Å². The summed E-state index contributed by atoms with van der Waals surface area (Å²) in [6.45, 7) is 0.465. The van der Waals surface area contributed by atoms with Gasteiger partial charge in [-0.25, -0.2) is 13.6 Å². The number of aromatic nitrogens is 1. The zero-order valence-electron chi connectivity index (χ0n) is 11.4. The predicted molar refractivity (Wildman–Crippen MR) is 74.5 cm³/mol. The van der Waals surface area contributed by atoms with Crippen LogP contribution in [0.4, 0.5) is 14.5 Å². The highest BCUT2D eigenvalue weighted by Gasteiger charge is 2.19. The van der Waals surface area contributed by atoms with Crippen LogP contribution in [0.15, 0.2) is 36.7 Å². The zero-order valence-corrected chi connectivity index (χ0v) is 11.4. The Bertz CT molecular complexity index is 648. The van der Waals surface area contributed by atoms with Crippen LogP contribution in [0.5, 0.6) is 0 Å². The van der Waals surface area contributed by atoms with E-state index < -0.39 is 23.2 Å². The van der Waals surface area contributed by atoms with Crippen LogP contribution in [0.2, 0.25) is 0 Å². The van der Waals surface area contributed by atoms with Gasteiger partial charge in [0.1, 0.15) is 0 Å². The maximum atomic E-state index is 13.9. The third-order valence-electron chi connectivity index (χ3n) is 3.19. The molecule has 0 aliphatic heterocycles. The van der Waals surface area contributed by atoms with Crippen LogP contribution in [0, 0.1) is 11.6 Å². The average Bonchev–Trinajstić information content (AvgIpc) is 2.48. The molecule has 2 aromatic rings. The van der Waals surface area contributed by atoms with Crippen LogP contribution in [-0.2, 0) is 6.42 Å². The standard InChI is InChI=1S/C15H14F2N2O2/c1-19(9-6-10-4-7-18-8-5-10)12-3-2-11(15(20)21)13(16)14(12)17/h2-5,7-8H,6,9H2,1H3,(H,20,21). The van der Waals surface area contributed by atoms with Gasteiger partial charge in [-0.2, -0.15) is 0 Å². The molecule has 1 heterocycles. The fraction of sp³-hybridized carbons (Fsp3) is 0.200. The Balaban J connectivity index is 2.14. The Morgan fingerprint density at radius 3 is 2.48 bits per heavy atom. The number of aromatic carboxylic acids is 1. The van der Waals surface area contributed by atoms with E-state index in [0.717, 1.165) is 11.6 Å². The van der Waals surface area contributed by atoms with E-state index in [-0.39, 0.29) is 5.69 Å². The van der Waals surface area contributed by atoms with Crippen molar-refractivity contribution in [2.75, 3.05) is 18.5 Å². The lowest BCUT2D eigenvalue weighted by Gasteiger charge is -2.20. The largest absolute Gasteiger partial charge is 0.478 e. The summed E-state index contributed by atoms with van der Waals surface area (Å²) >= 11 is 0. The van der Waals surface area contributed by atoms with Crippen molar-refractivity contribution in [3.05, 3.63) is 59.4 Å². The minimum Gasteiger partial charge on any atom is -0.478 e. The van der Waals surface area contributed by atoms with Crippen LogP contribution in [0.25, 0.3) is 0 Å². The Morgan fingerprint density at radius 1 is 1.19 bits per heavy atom. The lowest BCUT2D eigenvalue weighted by molar-refractivity contribution is 0.0690. The molecular weight excluding hydrogens is 278 g/mol. The summed E-state index contributed by atoms with van der Waals surface area (Å²) in [7, 11) is 1.62. The Kier molecular flexibility index (Phi) is 4.47. The van der Waals surface area contributed by atoms with E-state index in [1.807, 2.05) is 12.1 Å². The Hall–Kier alpha value is -2.50. The summed E-state index contributed by atoms with van der Waals surface area (Å²) in [6.07, 6.45) is 3.97. The van der Waals surface area contributed by atoms with E-state index in [1.54, 1.807) is 24.3 Å². The van der Waals surface area contributed by atoms with E-state index in [2.05, 4.69) is 4.98 Å². The Morgan fingerprint density at radius 2 is 1.86 bits per heavy atom. The second-order valence-corrected chi connectivity index (χ2v) is 4.59. The molecule has 0 aliphatic rings. The summed E-state index contributed by atoms with van der Waals surface area (Å²) in [6, 6.07) is 6.03. The average molecular weight is 292 g/mol. The van der Waals surface area contributed by atoms with Gasteiger partial charge in [0.25, 0.3) is 0 Å². The Labute approximate surface area is 120 Å². The highest BCUT2D eigenvalue weighted by molar-refractivity contribution is 5.88. The van der Waals surface area contributed by atoms with Gasteiger partial charge in [-0.15, -0.1) is 0 Å². The molecule has 6 heteroatoms. The smallest absolute Gasteiger partial charge is 0.338 e. The molecule has 0 saturated carbocycles. The monoisotopic (exact) mass is 292 g/mol.